The molecule has 2 atom stereocenters. The van der Waals surface area contributed by atoms with E-state index in [-0.39, 0.29) is 5.41 Å². The molecule has 0 fully saturated rings. The zero-order valence-corrected chi connectivity index (χ0v) is 32.9. The molecule has 14 heteroatoms. The van der Waals surface area contributed by atoms with E-state index in [0.29, 0.717) is 69.6 Å². The Balaban J connectivity index is 1.37. The quantitative estimate of drug-likeness (QED) is 0.0813. The van der Waals surface area contributed by atoms with Crippen LogP contribution in [0.15, 0.2) is 85.1 Å². The van der Waals surface area contributed by atoms with E-state index in [1.165, 1.54) is 20.5 Å². The molecule has 53 heavy (non-hydrogen) atoms. The Kier molecular flexibility index (Phi) is 12.3. The lowest BCUT2D eigenvalue weighted by molar-refractivity contribution is 0.262. The van der Waals surface area contributed by atoms with Gasteiger partial charge in [0.25, 0.3) is 0 Å². The van der Waals surface area contributed by atoms with E-state index >= 15 is 0 Å². The van der Waals surface area contributed by atoms with Crippen molar-refractivity contribution in [2.24, 2.45) is 0 Å². The minimum atomic E-state index is -3.05. The van der Waals surface area contributed by atoms with Gasteiger partial charge < -0.3 is 39.4 Å². The molecule has 0 radical (unpaired) electrons. The molecule has 0 saturated carbocycles. The van der Waals surface area contributed by atoms with E-state index in [1.54, 1.807) is 42.6 Å². The molecule has 0 aliphatic carbocycles. The van der Waals surface area contributed by atoms with Crippen molar-refractivity contribution in [1.29, 1.82) is 0 Å². The number of fused-ring (bicyclic) bond motifs is 1. The number of ether oxygens (including phenoxy) is 3. The fraction of sp³-hybridized carbons (Fsp3) is 0.282. The van der Waals surface area contributed by atoms with Crippen LogP contribution in [0.4, 0.5) is 33.4 Å². The Morgan fingerprint density at radius 1 is 0.849 bits per heavy atom. The average molecular weight is 760 g/mol. The maximum atomic E-state index is 13.5. The topological polar surface area (TPSA) is 149 Å². The second-order valence-corrected chi connectivity index (χ2v) is 16.9. The van der Waals surface area contributed by atoms with Crippen LogP contribution in [0.2, 0.25) is 0 Å². The lowest BCUT2D eigenvalue weighted by atomic mass is 9.86. The summed E-state index contributed by atoms with van der Waals surface area (Å²) in [5, 5.41) is 11.2. The molecule has 2 unspecified atom stereocenters. The van der Waals surface area contributed by atoms with Gasteiger partial charge in [-0.25, -0.2) is 14.0 Å². The van der Waals surface area contributed by atoms with Crippen LogP contribution in [0.25, 0.3) is 10.8 Å². The van der Waals surface area contributed by atoms with Crippen LogP contribution in [-0.4, -0.2) is 48.5 Å². The number of nitrogens with one attached hydrogen (secondary N) is 4. The minimum absolute atomic E-state index is 0.257. The van der Waals surface area contributed by atoms with Crippen molar-refractivity contribution < 1.29 is 32.3 Å². The highest BCUT2D eigenvalue weighted by Crippen LogP contribution is 2.48. The van der Waals surface area contributed by atoms with Gasteiger partial charge in [0.2, 0.25) is 7.37 Å². The molecule has 0 saturated heterocycles. The summed E-state index contributed by atoms with van der Waals surface area (Å²) >= 11 is 0. The Hall–Kier alpha value is -5.10. The van der Waals surface area contributed by atoms with Crippen LogP contribution in [0.3, 0.4) is 0 Å². The van der Waals surface area contributed by atoms with Gasteiger partial charge in [0.1, 0.15) is 34.1 Å². The third-order valence-corrected chi connectivity index (χ3v) is 11.4. The molecule has 1 aromatic heterocycles. The summed E-state index contributed by atoms with van der Waals surface area (Å²) in [4.78, 5) is 17.9. The zero-order chi connectivity index (χ0) is 38.3. The third kappa shape index (κ3) is 9.29. The number of pyridine rings is 1. The number of methoxy groups -OCH3 is 2. The number of rotatable bonds is 14. The number of amides is 2. The second kappa shape index (κ2) is 16.7. The highest BCUT2D eigenvalue weighted by Gasteiger charge is 2.27. The largest absolute Gasteiger partial charge is 0.496 e. The van der Waals surface area contributed by atoms with E-state index in [4.69, 9.17) is 18.7 Å². The fourth-order valence-electron chi connectivity index (χ4n) is 5.74. The molecule has 5 rings (SSSR count). The number of benzene rings is 4. The van der Waals surface area contributed by atoms with Gasteiger partial charge in [-0.15, -0.1) is 0 Å². The van der Waals surface area contributed by atoms with Gasteiger partial charge in [-0.05, 0) is 60.4 Å². The summed E-state index contributed by atoms with van der Waals surface area (Å²) in [6, 6.07) is 23.3. The number of aromatic nitrogens is 1. The molecule has 12 nitrogen and oxygen atoms in total. The first kappa shape index (κ1) is 39.1. The molecule has 0 spiro atoms. The number of hydrogen-bond donors (Lipinski definition) is 4. The number of hydrogen-bond acceptors (Lipinski definition) is 9. The van der Waals surface area contributed by atoms with E-state index in [2.05, 4.69) is 46.4 Å². The summed E-state index contributed by atoms with van der Waals surface area (Å²) in [5.41, 5.74) is 2.85. The van der Waals surface area contributed by atoms with Crippen molar-refractivity contribution in [3.05, 3.63) is 90.6 Å². The predicted octanol–water partition coefficient (Wildman–Crippen LogP) is 9.39. The van der Waals surface area contributed by atoms with Gasteiger partial charge in [0.15, 0.2) is 5.75 Å². The Morgan fingerprint density at radius 2 is 1.57 bits per heavy atom. The number of nitrogens with zero attached hydrogens (tertiary/aromatic N) is 1. The van der Waals surface area contributed by atoms with Gasteiger partial charge in [0.05, 0.1) is 43.2 Å². The molecule has 280 valence electrons. The number of carbonyl (C=O) groups excluding carboxylic acids is 1. The normalized spacial score (nSPS) is 13.1. The summed E-state index contributed by atoms with van der Waals surface area (Å²) in [6.45, 7) is 10.1. The molecule has 0 aliphatic rings. The zero-order valence-electron chi connectivity index (χ0n) is 31.2. The van der Waals surface area contributed by atoms with Crippen LogP contribution in [0.5, 0.6) is 23.0 Å². The molecule has 4 N–H and O–H groups in total. The van der Waals surface area contributed by atoms with Crippen molar-refractivity contribution in [3.8, 4) is 23.0 Å². The summed E-state index contributed by atoms with van der Waals surface area (Å²) in [6.07, 6.45) is 3.52. The Labute approximate surface area is 313 Å². The molecule has 5 aromatic rings. The van der Waals surface area contributed by atoms with Crippen molar-refractivity contribution in [2.45, 2.75) is 40.0 Å². The Morgan fingerprint density at radius 3 is 2.23 bits per heavy atom. The van der Waals surface area contributed by atoms with Gasteiger partial charge in [-0.1, -0.05) is 52.0 Å². The summed E-state index contributed by atoms with van der Waals surface area (Å²) < 4.78 is 51.6. The van der Waals surface area contributed by atoms with E-state index in [1.807, 2.05) is 56.3 Å². The number of urea groups is 1. The summed E-state index contributed by atoms with van der Waals surface area (Å²) in [7, 11) is -1.38. The molecule has 1 heterocycles. The molecule has 0 aliphatic heterocycles. The Bertz CT molecular complexity index is 2190. The number of carbonyl (C=O) groups is 1. The van der Waals surface area contributed by atoms with Crippen LogP contribution in [0, 0.1) is 0 Å². The highest BCUT2D eigenvalue weighted by molar-refractivity contribution is 7.85. The van der Waals surface area contributed by atoms with Crippen molar-refractivity contribution >= 4 is 69.0 Å². The highest BCUT2D eigenvalue weighted by atomic mass is 32.2. The fourth-order valence-corrected chi connectivity index (χ4v) is 8.08. The molecule has 0 bridgehead atoms. The van der Waals surface area contributed by atoms with Gasteiger partial charge in [0, 0.05) is 47.2 Å². The maximum Gasteiger partial charge on any atom is 0.323 e. The van der Waals surface area contributed by atoms with E-state index in [9.17, 15) is 13.6 Å². The molecule has 4 aromatic carbocycles. The average Bonchev–Trinajstić information content (AvgIpc) is 3.12. The smallest absolute Gasteiger partial charge is 0.323 e. The monoisotopic (exact) mass is 759 g/mol. The SMILES string of the molecule is CCOP(=O)(CC)c1ccc(Nc2cc(Oc3ccc(NC(=O)Nc4cc(C(C)(C)C)cc(NS(C)=O)c4OC)c4ccccc34)ccn2)cc1OC. The molecular formula is C39H46N5O7PS. The minimum Gasteiger partial charge on any atom is -0.496 e. The van der Waals surface area contributed by atoms with E-state index < -0.39 is 24.4 Å². The predicted molar refractivity (Wildman–Crippen MR) is 216 cm³/mol. The van der Waals surface area contributed by atoms with Crippen molar-refractivity contribution in [3.63, 3.8) is 0 Å². The van der Waals surface area contributed by atoms with Crippen molar-refractivity contribution in [2.75, 3.05) is 53.9 Å². The lowest BCUT2D eigenvalue weighted by Gasteiger charge is -2.24. The van der Waals surface area contributed by atoms with Crippen molar-refractivity contribution in [1.82, 2.24) is 4.98 Å². The van der Waals surface area contributed by atoms with Crippen LogP contribution in [0.1, 0.15) is 40.2 Å². The van der Waals surface area contributed by atoms with Crippen LogP contribution in [-0.2, 0) is 25.5 Å². The van der Waals surface area contributed by atoms with Gasteiger partial charge in [-0.3, -0.25) is 4.57 Å². The standard InChI is InChI=1S/C39H46N5O7PS/c1-9-50-52(46,10-2)35-18-15-26(23-34(35)48-6)41-36-24-27(19-20-40-36)51-33-17-16-30(28-13-11-12-14-29(28)33)42-38(45)43-31-21-25(39(3,4)5)22-32(37(31)49-7)44-53(8)47/h11-24,44H,9-10H2,1-8H3,(H,40,41)(H2,42,43,45). The maximum absolute atomic E-state index is 13.5. The molecular weight excluding hydrogens is 713 g/mol. The lowest BCUT2D eigenvalue weighted by Crippen LogP contribution is -2.21. The first-order valence-electron chi connectivity index (χ1n) is 17.0. The third-order valence-electron chi connectivity index (χ3n) is 8.33. The van der Waals surface area contributed by atoms with E-state index in [0.717, 1.165) is 16.3 Å². The summed E-state index contributed by atoms with van der Waals surface area (Å²) in [5.74, 6) is 2.45. The number of anilines is 5. The van der Waals surface area contributed by atoms with Crippen LogP contribution < -0.4 is 40.2 Å². The van der Waals surface area contributed by atoms with Gasteiger partial charge in [-0.2, -0.15) is 0 Å². The first-order chi connectivity index (χ1) is 25.3. The van der Waals surface area contributed by atoms with Crippen LogP contribution >= 0.6 is 7.37 Å². The molecule has 2 amide bonds. The van der Waals surface area contributed by atoms with Gasteiger partial charge >= 0.3 is 6.03 Å². The first-order valence-corrected chi connectivity index (χ1v) is 20.4. The second-order valence-electron chi connectivity index (χ2n) is 13.0.